The summed E-state index contributed by atoms with van der Waals surface area (Å²) in [6.07, 6.45) is 3.54. The summed E-state index contributed by atoms with van der Waals surface area (Å²) in [6.45, 7) is 5.76. The first-order valence-corrected chi connectivity index (χ1v) is 5.15. The van der Waals surface area contributed by atoms with Crippen molar-refractivity contribution in [2.24, 2.45) is 0 Å². The van der Waals surface area contributed by atoms with Crippen molar-refractivity contribution in [2.45, 2.75) is 32.9 Å². The van der Waals surface area contributed by atoms with Crippen molar-refractivity contribution >= 4 is 18.2 Å². The molecule has 0 aliphatic rings. The molecule has 0 spiro atoms. The molecule has 1 aromatic heterocycles. The van der Waals surface area contributed by atoms with E-state index in [0.29, 0.717) is 0 Å². The van der Waals surface area contributed by atoms with E-state index in [4.69, 9.17) is 17.0 Å². The van der Waals surface area contributed by atoms with Gasteiger partial charge in [0.25, 0.3) is 0 Å². The minimum Gasteiger partial charge on any atom is -0.459 e. The van der Waals surface area contributed by atoms with Crippen LogP contribution >= 0.6 is 12.2 Å². The van der Waals surface area contributed by atoms with E-state index in [1.54, 1.807) is 29.1 Å². The van der Waals surface area contributed by atoms with Gasteiger partial charge in [-0.25, -0.2) is 0 Å². The highest BCUT2D eigenvalue weighted by Gasteiger charge is 2.15. The fraction of sp³-hybridized carbons (Fsp3) is 0.455. The first kappa shape index (κ1) is 11.9. The fourth-order valence-corrected chi connectivity index (χ4v) is 1.19. The quantitative estimate of drug-likeness (QED) is 0.572. The molecule has 0 bridgehead atoms. The van der Waals surface area contributed by atoms with Crippen LogP contribution in [0, 0.1) is 4.51 Å². The Balaban J connectivity index is 2.59. The molecule has 0 aliphatic heterocycles. The molecule has 3 nitrogen and oxygen atoms in total. The van der Waals surface area contributed by atoms with Gasteiger partial charge in [-0.1, -0.05) is 12.2 Å². The van der Waals surface area contributed by atoms with Gasteiger partial charge >= 0.3 is 5.97 Å². The molecule has 1 rings (SSSR count). The number of carbonyl (C=O) groups is 1. The number of carbonyl (C=O) groups excluding carboxylic acids is 1. The highest BCUT2D eigenvalue weighted by molar-refractivity contribution is 7.71. The largest absolute Gasteiger partial charge is 0.459 e. The van der Waals surface area contributed by atoms with Gasteiger partial charge in [0.05, 0.1) is 0 Å². The van der Waals surface area contributed by atoms with Crippen LogP contribution in [0.5, 0.6) is 0 Å². The third-order valence-corrected chi connectivity index (χ3v) is 1.86. The third kappa shape index (κ3) is 4.74. The van der Waals surface area contributed by atoms with E-state index < -0.39 is 5.60 Å². The lowest BCUT2D eigenvalue weighted by atomic mass is 10.2. The van der Waals surface area contributed by atoms with Gasteiger partial charge in [0.1, 0.15) is 12.1 Å². The number of rotatable bonds is 2. The van der Waals surface area contributed by atoms with Crippen LogP contribution in [-0.2, 0) is 16.1 Å². The van der Waals surface area contributed by atoms with Crippen LogP contribution in [0.1, 0.15) is 20.8 Å². The molecule has 0 amide bonds. The molecule has 15 heavy (non-hydrogen) atoms. The zero-order valence-corrected chi connectivity index (χ0v) is 10.0. The summed E-state index contributed by atoms with van der Waals surface area (Å²) in [5.74, 6) is -0.246. The molecule has 0 fully saturated rings. The van der Waals surface area contributed by atoms with Gasteiger partial charge in [0, 0.05) is 16.9 Å². The van der Waals surface area contributed by atoms with Crippen molar-refractivity contribution in [1.82, 2.24) is 4.57 Å². The number of pyridine rings is 1. The van der Waals surface area contributed by atoms with Gasteiger partial charge in [-0.3, -0.25) is 4.79 Å². The summed E-state index contributed by atoms with van der Waals surface area (Å²) in [7, 11) is 0. The molecule has 0 saturated heterocycles. The number of hydrogen-bond donors (Lipinski definition) is 0. The zero-order valence-electron chi connectivity index (χ0n) is 9.19. The number of ether oxygens (including phenoxy) is 1. The van der Waals surface area contributed by atoms with Crippen molar-refractivity contribution in [1.29, 1.82) is 0 Å². The van der Waals surface area contributed by atoms with Gasteiger partial charge in [0.2, 0.25) is 0 Å². The standard InChI is InChI=1S/C11H15NO2S/c1-11(2,3)14-10(13)8-12-6-4-9(15)5-7-12/h4-7H,8H2,1-3H3. The van der Waals surface area contributed by atoms with E-state index in [-0.39, 0.29) is 12.5 Å². The molecule has 1 aromatic rings. The molecule has 0 aliphatic carbocycles. The Hall–Kier alpha value is -1.16. The Kier molecular flexibility index (Phi) is 3.63. The van der Waals surface area contributed by atoms with E-state index in [1.807, 2.05) is 20.8 Å². The van der Waals surface area contributed by atoms with E-state index in [2.05, 4.69) is 0 Å². The molecule has 4 heteroatoms. The van der Waals surface area contributed by atoms with Crippen LogP contribution in [0.3, 0.4) is 0 Å². The topological polar surface area (TPSA) is 31.2 Å². The normalized spacial score (nSPS) is 11.1. The van der Waals surface area contributed by atoms with E-state index in [0.717, 1.165) is 4.51 Å². The summed E-state index contributed by atoms with van der Waals surface area (Å²) in [5.41, 5.74) is -0.435. The van der Waals surface area contributed by atoms with Gasteiger partial charge in [-0.2, -0.15) is 0 Å². The lowest BCUT2D eigenvalue weighted by molar-refractivity contribution is -0.155. The van der Waals surface area contributed by atoms with Crippen LogP contribution in [0.15, 0.2) is 24.5 Å². The summed E-state index contributed by atoms with van der Waals surface area (Å²) in [6, 6.07) is 3.55. The van der Waals surface area contributed by atoms with Crippen molar-refractivity contribution < 1.29 is 9.53 Å². The van der Waals surface area contributed by atoms with Crippen molar-refractivity contribution in [2.75, 3.05) is 0 Å². The van der Waals surface area contributed by atoms with Gasteiger partial charge in [-0.15, -0.1) is 0 Å². The van der Waals surface area contributed by atoms with Gasteiger partial charge in [0.15, 0.2) is 0 Å². The lowest BCUT2D eigenvalue weighted by Gasteiger charge is -2.19. The Morgan fingerprint density at radius 1 is 1.40 bits per heavy atom. The summed E-state index contributed by atoms with van der Waals surface area (Å²) in [5, 5.41) is 0. The predicted octanol–water partition coefficient (Wildman–Crippen LogP) is 2.56. The first-order chi connectivity index (χ1) is 6.87. The Bertz CT molecular complexity index is 383. The summed E-state index contributed by atoms with van der Waals surface area (Å²) >= 11 is 4.94. The molecule has 0 N–H and O–H groups in total. The molecule has 0 aromatic carbocycles. The zero-order chi connectivity index (χ0) is 11.5. The Morgan fingerprint density at radius 2 is 1.93 bits per heavy atom. The van der Waals surface area contributed by atoms with Crippen LogP contribution in [0.25, 0.3) is 0 Å². The highest BCUT2D eigenvalue weighted by Crippen LogP contribution is 2.07. The summed E-state index contributed by atoms with van der Waals surface area (Å²) in [4.78, 5) is 11.4. The number of hydrogen-bond acceptors (Lipinski definition) is 3. The van der Waals surface area contributed by atoms with Crippen molar-refractivity contribution in [3.05, 3.63) is 29.0 Å². The van der Waals surface area contributed by atoms with Crippen LogP contribution in [0.4, 0.5) is 0 Å². The van der Waals surface area contributed by atoms with Gasteiger partial charge < -0.3 is 9.30 Å². The van der Waals surface area contributed by atoms with Gasteiger partial charge in [-0.05, 0) is 32.9 Å². The maximum Gasteiger partial charge on any atom is 0.326 e. The van der Waals surface area contributed by atoms with Crippen LogP contribution < -0.4 is 0 Å². The smallest absolute Gasteiger partial charge is 0.326 e. The Morgan fingerprint density at radius 3 is 2.40 bits per heavy atom. The molecule has 0 atom stereocenters. The Labute approximate surface area is 94.7 Å². The second kappa shape index (κ2) is 4.57. The maximum absolute atomic E-state index is 11.4. The number of nitrogens with zero attached hydrogens (tertiary/aromatic N) is 1. The average Bonchev–Trinajstić information content (AvgIpc) is 2.05. The minimum atomic E-state index is -0.435. The molecule has 82 valence electrons. The molecule has 0 unspecified atom stereocenters. The predicted molar refractivity (Wildman–Crippen MR) is 61.1 cm³/mol. The fourth-order valence-electron chi connectivity index (χ4n) is 1.07. The second-order valence-electron chi connectivity index (χ2n) is 4.29. The molecular formula is C11H15NO2S. The minimum absolute atomic E-state index is 0.215. The van der Waals surface area contributed by atoms with E-state index in [9.17, 15) is 4.79 Å². The lowest BCUT2D eigenvalue weighted by Crippen LogP contribution is -2.26. The number of aromatic nitrogens is 1. The third-order valence-electron chi connectivity index (χ3n) is 1.59. The van der Waals surface area contributed by atoms with Crippen LogP contribution in [0.2, 0.25) is 0 Å². The second-order valence-corrected chi connectivity index (χ2v) is 4.76. The SMILES string of the molecule is CC(C)(C)OC(=O)Cn1ccc(=S)cc1. The van der Waals surface area contributed by atoms with E-state index in [1.165, 1.54) is 0 Å². The molecule has 1 heterocycles. The summed E-state index contributed by atoms with van der Waals surface area (Å²) < 4.78 is 7.69. The van der Waals surface area contributed by atoms with Crippen molar-refractivity contribution in [3.8, 4) is 0 Å². The monoisotopic (exact) mass is 225 g/mol. The number of esters is 1. The van der Waals surface area contributed by atoms with E-state index >= 15 is 0 Å². The molecule has 0 saturated carbocycles. The first-order valence-electron chi connectivity index (χ1n) is 4.75. The van der Waals surface area contributed by atoms with Crippen molar-refractivity contribution in [3.63, 3.8) is 0 Å². The molecular weight excluding hydrogens is 210 g/mol. The maximum atomic E-state index is 11.4. The highest BCUT2D eigenvalue weighted by atomic mass is 32.1. The molecule has 0 radical (unpaired) electrons. The van der Waals surface area contributed by atoms with Crippen LogP contribution in [-0.4, -0.2) is 16.1 Å². The average molecular weight is 225 g/mol.